The summed E-state index contributed by atoms with van der Waals surface area (Å²) in [7, 11) is 0. The highest BCUT2D eigenvalue weighted by atomic mass is 35.5. The van der Waals surface area contributed by atoms with E-state index in [0.717, 1.165) is 0 Å². The summed E-state index contributed by atoms with van der Waals surface area (Å²) in [5.41, 5.74) is 2.32. The number of halogens is 1. The molecule has 3 heterocycles. The normalized spacial score (nSPS) is 11.6. The Kier molecular flexibility index (Phi) is 6.38. The van der Waals surface area contributed by atoms with Gasteiger partial charge in [0.25, 0.3) is 11.2 Å². The van der Waals surface area contributed by atoms with Gasteiger partial charge in [-0.25, -0.2) is 15.0 Å². The van der Waals surface area contributed by atoms with Crippen LogP contribution >= 0.6 is 11.6 Å². The van der Waals surface area contributed by atoms with Gasteiger partial charge in [0.15, 0.2) is 11.3 Å². The zero-order valence-corrected chi connectivity index (χ0v) is 20.5. The first kappa shape index (κ1) is 23.8. The number of para-hydroxylation sites is 2. The predicted molar refractivity (Wildman–Crippen MR) is 138 cm³/mol. The molecule has 0 aliphatic carbocycles. The molecule has 0 bridgehead atoms. The maximum absolute atomic E-state index is 13.9. The Balaban J connectivity index is 1.87. The highest BCUT2D eigenvalue weighted by Gasteiger charge is 2.24. The molecule has 0 N–H and O–H groups in total. The molecule has 0 amide bonds. The van der Waals surface area contributed by atoms with E-state index in [1.807, 2.05) is 38.1 Å². The minimum Gasteiger partial charge on any atom is -0.382 e. The van der Waals surface area contributed by atoms with Crippen molar-refractivity contribution >= 4 is 50.5 Å². The first-order valence-corrected chi connectivity index (χ1v) is 12.0. The predicted octanol–water partition coefficient (Wildman–Crippen LogP) is 4.83. The molecule has 11 heteroatoms. The maximum Gasteiger partial charge on any atom is 0.289 e. The Hall–Kier alpha value is -3.89. The molecule has 0 fully saturated rings. The van der Waals surface area contributed by atoms with Gasteiger partial charge >= 0.3 is 0 Å². The lowest BCUT2D eigenvalue weighted by atomic mass is 10.2. The average molecular weight is 507 g/mol. The highest BCUT2D eigenvalue weighted by Crippen LogP contribution is 2.32. The van der Waals surface area contributed by atoms with E-state index in [2.05, 4.69) is 0 Å². The monoisotopic (exact) mass is 506 g/mol. The third-order valence-corrected chi connectivity index (χ3v) is 6.34. The number of nitro benzene ring substituents is 1. The first-order chi connectivity index (χ1) is 17.4. The largest absolute Gasteiger partial charge is 0.382 e. The molecule has 36 heavy (non-hydrogen) atoms. The number of nitrogens with zero attached hydrogens (tertiary/aromatic N) is 6. The molecular formula is C25H23ClN6O4. The Morgan fingerprint density at radius 2 is 1.81 bits per heavy atom. The first-order valence-electron chi connectivity index (χ1n) is 11.7. The number of fused-ring (bicyclic) bond motifs is 4. The van der Waals surface area contributed by atoms with Crippen LogP contribution in [0.1, 0.15) is 26.1 Å². The minimum atomic E-state index is -0.545. The van der Waals surface area contributed by atoms with Gasteiger partial charge in [-0.1, -0.05) is 30.7 Å². The van der Waals surface area contributed by atoms with Gasteiger partial charge in [-0.15, -0.1) is 0 Å². The van der Waals surface area contributed by atoms with E-state index in [1.54, 1.807) is 15.2 Å². The van der Waals surface area contributed by atoms with E-state index in [9.17, 15) is 14.9 Å². The van der Waals surface area contributed by atoms with Gasteiger partial charge in [-0.2, -0.15) is 0 Å². The molecule has 0 unspecified atom stereocenters. The minimum absolute atomic E-state index is 0.0138. The molecule has 3 aromatic heterocycles. The van der Waals surface area contributed by atoms with Crippen molar-refractivity contribution in [2.24, 2.45) is 0 Å². The van der Waals surface area contributed by atoms with Crippen LogP contribution in [0.3, 0.4) is 0 Å². The number of aryl methyl sites for hydroxylation is 1. The highest BCUT2D eigenvalue weighted by molar-refractivity contribution is 6.32. The van der Waals surface area contributed by atoms with Crippen LogP contribution < -0.4 is 5.56 Å². The Bertz CT molecular complexity index is 1690. The van der Waals surface area contributed by atoms with Crippen molar-refractivity contribution in [2.75, 3.05) is 13.2 Å². The number of hydrogen-bond donors (Lipinski definition) is 0. The van der Waals surface area contributed by atoms with Crippen molar-refractivity contribution in [3.8, 4) is 5.69 Å². The summed E-state index contributed by atoms with van der Waals surface area (Å²) < 4.78 is 8.76. The van der Waals surface area contributed by atoms with E-state index in [0.29, 0.717) is 77.3 Å². The summed E-state index contributed by atoms with van der Waals surface area (Å²) >= 11 is 6.07. The lowest BCUT2D eigenvalue weighted by molar-refractivity contribution is -0.384. The van der Waals surface area contributed by atoms with Crippen LogP contribution in [0.25, 0.3) is 38.9 Å². The molecule has 184 valence electrons. The van der Waals surface area contributed by atoms with Crippen LogP contribution in [0, 0.1) is 10.1 Å². The van der Waals surface area contributed by atoms with Crippen LogP contribution in [0.5, 0.6) is 0 Å². The fourth-order valence-electron chi connectivity index (χ4n) is 4.36. The summed E-state index contributed by atoms with van der Waals surface area (Å²) in [6, 6.07) is 11.8. The molecule has 0 aliphatic heterocycles. The van der Waals surface area contributed by atoms with Gasteiger partial charge in [0.05, 0.1) is 21.6 Å². The fourth-order valence-corrected chi connectivity index (χ4v) is 4.55. The summed E-state index contributed by atoms with van der Waals surface area (Å²) in [5.74, 6) is 0.598. The van der Waals surface area contributed by atoms with Gasteiger partial charge in [0.1, 0.15) is 21.7 Å². The zero-order valence-electron chi connectivity index (χ0n) is 19.8. The summed E-state index contributed by atoms with van der Waals surface area (Å²) in [4.78, 5) is 39.3. The molecule has 0 saturated heterocycles. The van der Waals surface area contributed by atoms with Crippen LogP contribution in [-0.2, 0) is 17.7 Å². The molecule has 0 aliphatic rings. The fraction of sp³-hybridized carbons (Fsp3) is 0.280. The van der Waals surface area contributed by atoms with Crippen LogP contribution in [-0.4, -0.2) is 42.2 Å². The molecular weight excluding hydrogens is 484 g/mol. The summed E-state index contributed by atoms with van der Waals surface area (Å²) in [6.07, 6.45) is 1.18. The Morgan fingerprint density at radius 1 is 1.06 bits per heavy atom. The Morgan fingerprint density at radius 3 is 2.50 bits per heavy atom. The van der Waals surface area contributed by atoms with Crippen LogP contribution in [0.2, 0.25) is 5.02 Å². The number of rotatable bonds is 8. The van der Waals surface area contributed by atoms with E-state index >= 15 is 0 Å². The second-order valence-corrected chi connectivity index (χ2v) is 8.61. The quantitative estimate of drug-likeness (QED) is 0.168. The molecule has 0 radical (unpaired) electrons. The maximum atomic E-state index is 13.9. The van der Waals surface area contributed by atoms with Crippen molar-refractivity contribution in [2.45, 2.75) is 33.2 Å². The van der Waals surface area contributed by atoms with Gasteiger partial charge in [0.2, 0.25) is 0 Å². The molecule has 10 nitrogen and oxygen atoms in total. The second kappa shape index (κ2) is 9.63. The topological polar surface area (TPSA) is 118 Å². The van der Waals surface area contributed by atoms with E-state index < -0.39 is 4.92 Å². The second-order valence-electron chi connectivity index (χ2n) is 8.20. The van der Waals surface area contributed by atoms with Gasteiger partial charge < -0.3 is 4.74 Å². The van der Waals surface area contributed by atoms with Crippen molar-refractivity contribution in [1.82, 2.24) is 24.1 Å². The molecule has 0 spiro atoms. The van der Waals surface area contributed by atoms with Crippen LogP contribution in [0.15, 0.2) is 47.3 Å². The van der Waals surface area contributed by atoms with E-state index in [4.69, 9.17) is 31.3 Å². The van der Waals surface area contributed by atoms with Crippen LogP contribution in [0.4, 0.5) is 5.69 Å². The zero-order chi connectivity index (χ0) is 25.4. The van der Waals surface area contributed by atoms with Crippen molar-refractivity contribution in [1.29, 1.82) is 0 Å². The average Bonchev–Trinajstić information content (AvgIpc) is 3.19. The number of nitro groups is 1. The lowest BCUT2D eigenvalue weighted by Gasteiger charge is -2.12. The van der Waals surface area contributed by atoms with Crippen molar-refractivity contribution < 1.29 is 9.66 Å². The van der Waals surface area contributed by atoms with Gasteiger partial charge in [0, 0.05) is 32.2 Å². The lowest BCUT2D eigenvalue weighted by Crippen LogP contribution is -2.26. The van der Waals surface area contributed by atoms with Gasteiger partial charge in [-0.05, 0) is 37.6 Å². The number of hydrogen-bond acceptors (Lipinski definition) is 7. The molecule has 0 saturated carbocycles. The number of ether oxygens (including phenoxy) is 1. The van der Waals surface area contributed by atoms with Gasteiger partial charge in [-0.3, -0.25) is 24.0 Å². The summed E-state index contributed by atoms with van der Waals surface area (Å²) in [5, 5.41) is 11.9. The van der Waals surface area contributed by atoms with Crippen molar-refractivity contribution in [3.05, 3.63) is 73.8 Å². The SMILES string of the molecule is CCOCCCn1c(CC)nc2c(c1=O)c1nc3ccccc3nc1n2-c1ccc(Cl)c([N+](=O)[O-])c1. The third kappa shape index (κ3) is 3.98. The molecule has 5 rings (SSSR count). The smallest absolute Gasteiger partial charge is 0.289 e. The summed E-state index contributed by atoms with van der Waals surface area (Å²) in [6.45, 7) is 5.44. The third-order valence-electron chi connectivity index (χ3n) is 6.02. The van der Waals surface area contributed by atoms with E-state index in [1.165, 1.54) is 12.1 Å². The van der Waals surface area contributed by atoms with E-state index in [-0.39, 0.29) is 16.3 Å². The molecule has 5 aromatic rings. The molecule has 2 aromatic carbocycles. The number of benzene rings is 2. The number of aromatic nitrogens is 5. The molecule has 0 atom stereocenters. The standard InChI is InChI=1S/C25H23ClN6O4/c1-3-20-29-23-21(25(33)30(20)12-7-13-36-4-2)22-24(28-18-9-6-5-8-17(18)27-22)31(23)15-10-11-16(26)19(14-15)32(34)35/h5-6,8-11,14H,3-4,7,12-13H2,1-2H3. The van der Waals surface area contributed by atoms with Crippen molar-refractivity contribution in [3.63, 3.8) is 0 Å². The Labute approximate surface area is 210 Å².